The predicted molar refractivity (Wildman–Crippen MR) is 67.2 cm³/mol. The lowest BCUT2D eigenvalue weighted by molar-refractivity contribution is 0.112. The molecule has 4 heteroatoms. The third kappa shape index (κ3) is 2.15. The molecule has 0 atom stereocenters. The van der Waals surface area contributed by atoms with Crippen LogP contribution in [0.5, 0.6) is 0 Å². The molecule has 0 saturated carbocycles. The molecule has 0 N–H and O–H groups in total. The standard InChI is InChI=1S/C13H10ClNO2/c1-9-2-4-10(5-3-9)15-7-6-12(14)11(8-16)13(15)17/h2-8H,1H3. The molecule has 0 fully saturated rings. The molecule has 0 unspecified atom stereocenters. The van der Waals surface area contributed by atoms with Gasteiger partial charge in [0.25, 0.3) is 5.56 Å². The maximum Gasteiger partial charge on any atom is 0.267 e. The highest BCUT2D eigenvalue weighted by molar-refractivity contribution is 6.32. The largest absolute Gasteiger partial charge is 0.298 e. The van der Waals surface area contributed by atoms with Crippen LogP contribution < -0.4 is 5.56 Å². The van der Waals surface area contributed by atoms with Gasteiger partial charge in [0.2, 0.25) is 0 Å². The molecule has 0 aliphatic heterocycles. The summed E-state index contributed by atoms with van der Waals surface area (Å²) in [5.74, 6) is 0. The maximum absolute atomic E-state index is 12.0. The highest BCUT2D eigenvalue weighted by Gasteiger charge is 2.08. The molecular formula is C13H10ClNO2. The van der Waals surface area contributed by atoms with E-state index in [4.69, 9.17) is 11.6 Å². The van der Waals surface area contributed by atoms with Gasteiger partial charge >= 0.3 is 0 Å². The third-order valence-electron chi connectivity index (χ3n) is 2.51. The van der Waals surface area contributed by atoms with Crippen molar-refractivity contribution in [2.24, 2.45) is 0 Å². The molecule has 2 aromatic rings. The number of benzene rings is 1. The van der Waals surface area contributed by atoms with Crippen LogP contribution in [-0.4, -0.2) is 10.9 Å². The van der Waals surface area contributed by atoms with Gasteiger partial charge in [0, 0.05) is 11.9 Å². The van der Waals surface area contributed by atoms with Gasteiger partial charge in [0.05, 0.1) is 10.6 Å². The van der Waals surface area contributed by atoms with E-state index in [1.165, 1.54) is 10.6 Å². The Balaban J connectivity index is 2.65. The lowest BCUT2D eigenvalue weighted by Gasteiger charge is -2.07. The maximum atomic E-state index is 12.0. The zero-order valence-corrected chi connectivity index (χ0v) is 9.94. The summed E-state index contributed by atoms with van der Waals surface area (Å²) in [5, 5.41) is 0.174. The van der Waals surface area contributed by atoms with Crippen molar-refractivity contribution in [3.8, 4) is 5.69 Å². The highest BCUT2D eigenvalue weighted by atomic mass is 35.5. The number of halogens is 1. The van der Waals surface area contributed by atoms with Gasteiger partial charge in [-0.3, -0.25) is 14.2 Å². The van der Waals surface area contributed by atoms with E-state index >= 15 is 0 Å². The van der Waals surface area contributed by atoms with Gasteiger partial charge in [0.15, 0.2) is 6.29 Å². The van der Waals surface area contributed by atoms with Gasteiger partial charge in [-0.1, -0.05) is 29.3 Å². The molecule has 86 valence electrons. The zero-order chi connectivity index (χ0) is 12.4. The van der Waals surface area contributed by atoms with Gasteiger partial charge in [-0.15, -0.1) is 0 Å². The quantitative estimate of drug-likeness (QED) is 0.766. The molecule has 1 heterocycles. The minimum absolute atomic E-state index is 0.0188. The molecule has 0 radical (unpaired) electrons. The SMILES string of the molecule is Cc1ccc(-n2ccc(Cl)c(C=O)c2=O)cc1. The smallest absolute Gasteiger partial charge is 0.267 e. The Hall–Kier alpha value is -1.87. The fourth-order valence-electron chi connectivity index (χ4n) is 1.54. The van der Waals surface area contributed by atoms with Crippen LogP contribution in [0.3, 0.4) is 0 Å². The molecular weight excluding hydrogens is 238 g/mol. The summed E-state index contributed by atoms with van der Waals surface area (Å²) in [7, 11) is 0. The minimum Gasteiger partial charge on any atom is -0.298 e. The van der Waals surface area contributed by atoms with Crippen LogP contribution in [0.2, 0.25) is 5.02 Å². The summed E-state index contributed by atoms with van der Waals surface area (Å²) in [6, 6.07) is 8.97. The van der Waals surface area contributed by atoms with Crippen LogP contribution in [-0.2, 0) is 0 Å². The fourth-order valence-corrected chi connectivity index (χ4v) is 1.73. The van der Waals surface area contributed by atoms with Crippen molar-refractivity contribution in [3.63, 3.8) is 0 Å². The first kappa shape index (κ1) is 11.6. The van der Waals surface area contributed by atoms with Crippen LogP contribution in [0.4, 0.5) is 0 Å². The Morgan fingerprint density at radius 1 is 1.18 bits per heavy atom. The highest BCUT2D eigenvalue weighted by Crippen LogP contribution is 2.12. The zero-order valence-electron chi connectivity index (χ0n) is 9.18. The Morgan fingerprint density at radius 3 is 2.41 bits per heavy atom. The lowest BCUT2D eigenvalue weighted by atomic mass is 10.2. The number of carbonyl (C=O) groups is 1. The van der Waals surface area contributed by atoms with Gasteiger partial charge in [-0.05, 0) is 25.1 Å². The van der Waals surface area contributed by atoms with Crippen LogP contribution >= 0.6 is 11.6 Å². The first-order chi connectivity index (χ1) is 8.13. The van der Waals surface area contributed by atoms with E-state index in [1.807, 2.05) is 31.2 Å². The molecule has 17 heavy (non-hydrogen) atoms. The fraction of sp³-hybridized carbons (Fsp3) is 0.0769. The first-order valence-electron chi connectivity index (χ1n) is 5.07. The summed E-state index contributed by atoms with van der Waals surface area (Å²) in [6.45, 7) is 1.96. The van der Waals surface area contributed by atoms with Crippen LogP contribution in [0.15, 0.2) is 41.3 Å². The average Bonchev–Trinajstić information content (AvgIpc) is 2.31. The Morgan fingerprint density at radius 2 is 1.82 bits per heavy atom. The Bertz CT molecular complexity index is 614. The monoisotopic (exact) mass is 247 g/mol. The molecule has 1 aromatic heterocycles. The van der Waals surface area contributed by atoms with Crippen molar-refractivity contribution in [2.45, 2.75) is 6.92 Å². The normalized spacial score (nSPS) is 10.2. The Kier molecular flexibility index (Phi) is 3.11. The molecule has 0 aliphatic rings. The summed E-state index contributed by atoms with van der Waals surface area (Å²) in [6.07, 6.45) is 2.04. The van der Waals surface area contributed by atoms with Crippen molar-refractivity contribution in [1.29, 1.82) is 0 Å². The number of rotatable bonds is 2. The Labute approximate surface area is 103 Å². The second-order valence-corrected chi connectivity index (χ2v) is 4.11. The number of pyridine rings is 1. The molecule has 0 aliphatic carbocycles. The van der Waals surface area contributed by atoms with Gasteiger partial charge in [-0.2, -0.15) is 0 Å². The summed E-state index contributed by atoms with van der Waals surface area (Å²) in [4.78, 5) is 22.7. The van der Waals surface area contributed by atoms with Crippen LogP contribution in [0, 0.1) is 6.92 Å². The van der Waals surface area contributed by atoms with E-state index in [9.17, 15) is 9.59 Å². The number of carbonyl (C=O) groups excluding carboxylic acids is 1. The van der Waals surface area contributed by atoms with E-state index in [0.29, 0.717) is 12.0 Å². The van der Waals surface area contributed by atoms with Gasteiger partial charge in [-0.25, -0.2) is 0 Å². The van der Waals surface area contributed by atoms with E-state index in [0.717, 1.165) is 5.56 Å². The van der Waals surface area contributed by atoms with E-state index in [1.54, 1.807) is 6.20 Å². The number of nitrogens with zero attached hydrogens (tertiary/aromatic N) is 1. The molecule has 1 aromatic carbocycles. The molecule has 2 rings (SSSR count). The van der Waals surface area contributed by atoms with E-state index < -0.39 is 5.56 Å². The summed E-state index contributed by atoms with van der Waals surface area (Å²) < 4.78 is 1.40. The number of aromatic nitrogens is 1. The number of aldehydes is 1. The predicted octanol–water partition coefficient (Wildman–Crippen LogP) is 2.61. The topological polar surface area (TPSA) is 39.1 Å². The lowest BCUT2D eigenvalue weighted by Crippen LogP contribution is -2.21. The molecule has 3 nitrogen and oxygen atoms in total. The second-order valence-electron chi connectivity index (χ2n) is 3.71. The van der Waals surface area contributed by atoms with Crippen molar-refractivity contribution >= 4 is 17.9 Å². The van der Waals surface area contributed by atoms with Crippen molar-refractivity contribution < 1.29 is 4.79 Å². The van der Waals surface area contributed by atoms with E-state index in [-0.39, 0.29) is 10.6 Å². The minimum atomic E-state index is -0.406. The summed E-state index contributed by atoms with van der Waals surface area (Å²) >= 11 is 5.77. The van der Waals surface area contributed by atoms with Crippen LogP contribution in [0.1, 0.15) is 15.9 Å². The van der Waals surface area contributed by atoms with Crippen LogP contribution in [0.25, 0.3) is 5.69 Å². The molecule has 0 saturated heterocycles. The van der Waals surface area contributed by atoms with Gasteiger partial charge < -0.3 is 0 Å². The van der Waals surface area contributed by atoms with Crippen molar-refractivity contribution in [1.82, 2.24) is 4.57 Å². The van der Waals surface area contributed by atoms with Crippen molar-refractivity contribution in [3.05, 3.63) is 63.0 Å². The number of hydrogen-bond donors (Lipinski definition) is 0. The number of hydrogen-bond acceptors (Lipinski definition) is 2. The van der Waals surface area contributed by atoms with E-state index in [2.05, 4.69) is 0 Å². The molecule has 0 amide bonds. The van der Waals surface area contributed by atoms with Gasteiger partial charge in [0.1, 0.15) is 0 Å². The average molecular weight is 248 g/mol. The van der Waals surface area contributed by atoms with Crippen molar-refractivity contribution in [2.75, 3.05) is 0 Å². The molecule has 0 spiro atoms. The number of aryl methyl sites for hydroxylation is 1. The first-order valence-corrected chi connectivity index (χ1v) is 5.44. The summed E-state index contributed by atoms with van der Waals surface area (Å²) in [5.41, 5.74) is 1.39. The second kappa shape index (κ2) is 4.55. The third-order valence-corrected chi connectivity index (χ3v) is 2.84. The molecule has 0 bridgehead atoms.